The van der Waals surface area contributed by atoms with Crippen LogP contribution in [0.1, 0.15) is 51.9 Å². The van der Waals surface area contributed by atoms with E-state index >= 15 is 0 Å². The molecule has 0 unspecified atom stereocenters. The molecule has 0 heterocycles. The SMILES string of the molecule is CCCNCC1(CCOCCCOC)CCCC1. The van der Waals surface area contributed by atoms with Gasteiger partial charge in [-0.05, 0) is 44.1 Å². The minimum Gasteiger partial charge on any atom is -0.385 e. The maximum atomic E-state index is 5.72. The lowest BCUT2D eigenvalue weighted by atomic mass is 9.83. The van der Waals surface area contributed by atoms with Crippen LogP contribution in [0.25, 0.3) is 0 Å². The van der Waals surface area contributed by atoms with Crippen LogP contribution in [0.3, 0.4) is 0 Å². The Kier molecular flexibility index (Phi) is 8.64. The first-order valence-corrected chi connectivity index (χ1v) is 7.60. The topological polar surface area (TPSA) is 30.5 Å². The summed E-state index contributed by atoms with van der Waals surface area (Å²) in [7, 11) is 1.74. The summed E-state index contributed by atoms with van der Waals surface area (Å²) < 4.78 is 10.7. The van der Waals surface area contributed by atoms with Gasteiger partial charge in [0.25, 0.3) is 0 Å². The average Bonchev–Trinajstić information content (AvgIpc) is 2.83. The second kappa shape index (κ2) is 9.76. The van der Waals surface area contributed by atoms with E-state index < -0.39 is 0 Å². The van der Waals surface area contributed by atoms with Gasteiger partial charge >= 0.3 is 0 Å². The number of methoxy groups -OCH3 is 1. The van der Waals surface area contributed by atoms with Crippen LogP contribution in [0, 0.1) is 5.41 Å². The molecule has 1 fully saturated rings. The largest absolute Gasteiger partial charge is 0.385 e. The van der Waals surface area contributed by atoms with Gasteiger partial charge in [-0.1, -0.05) is 19.8 Å². The van der Waals surface area contributed by atoms with E-state index in [0.29, 0.717) is 5.41 Å². The Morgan fingerprint density at radius 3 is 2.56 bits per heavy atom. The molecule has 1 N–H and O–H groups in total. The van der Waals surface area contributed by atoms with Crippen molar-refractivity contribution >= 4 is 0 Å². The molecule has 3 heteroatoms. The van der Waals surface area contributed by atoms with Gasteiger partial charge in [-0.15, -0.1) is 0 Å². The summed E-state index contributed by atoms with van der Waals surface area (Å²) in [6.45, 7) is 7.12. The number of rotatable bonds is 11. The lowest BCUT2D eigenvalue weighted by Gasteiger charge is -2.29. The first kappa shape index (κ1) is 15.9. The van der Waals surface area contributed by atoms with Crippen molar-refractivity contribution in [1.82, 2.24) is 5.32 Å². The van der Waals surface area contributed by atoms with Crippen LogP contribution in [-0.4, -0.2) is 40.0 Å². The summed E-state index contributed by atoms with van der Waals surface area (Å²) >= 11 is 0. The molecule has 18 heavy (non-hydrogen) atoms. The van der Waals surface area contributed by atoms with Crippen molar-refractivity contribution in [3.05, 3.63) is 0 Å². The molecule has 0 spiro atoms. The predicted molar refractivity (Wildman–Crippen MR) is 76.0 cm³/mol. The van der Waals surface area contributed by atoms with Crippen LogP contribution in [0.4, 0.5) is 0 Å². The molecular formula is C15H31NO2. The van der Waals surface area contributed by atoms with E-state index in [-0.39, 0.29) is 0 Å². The van der Waals surface area contributed by atoms with Crippen molar-refractivity contribution in [3.8, 4) is 0 Å². The highest BCUT2D eigenvalue weighted by Gasteiger charge is 2.32. The molecule has 0 bridgehead atoms. The summed E-state index contributed by atoms with van der Waals surface area (Å²) in [5.41, 5.74) is 0.524. The molecular weight excluding hydrogens is 226 g/mol. The maximum Gasteiger partial charge on any atom is 0.0487 e. The van der Waals surface area contributed by atoms with E-state index in [1.807, 2.05) is 0 Å². The maximum absolute atomic E-state index is 5.72. The van der Waals surface area contributed by atoms with Crippen molar-refractivity contribution in [2.45, 2.75) is 51.9 Å². The Morgan fingerprint density at radius 2 is 1.89 bits per heavy atom. The molecule has 1 saturated carbocycles. The van der Waals surface area contributed by atoms with Crippen molar-refractivity contribution in [2.75, 3.05) is 40.0 Å². The fourth-order valence-corrected chi connectivity index (χ4v) is 2.87. The van der Waals surface area contributed by atoms with Gasteiger partial charge in [0.15, 0.2) is 0 Å². The summed E-state index contributed by atoms with van der Waals surface area (Å²) in [4.78, 5) is 0. The monoisotopic (exact) mass is 257 g/mol. The van der Waals surface area contributed by atoms with Gasteiger partial charge in [0, 0.05) is 33.5 Å². The van der Waals surface area contributed by atoms with Gasteiger partial charge in [0.2, 0.25) is 0 Å². The van der Waals surface area contributed by atoms with E-state index in [4.69, 9.17) is 9.47 Å². The quantitative estimate of drug-likeness (QED) is 0.577. The summed E-state index contributed by atoms with van der Waals surface area (Å²) in [6, 6.07) is 0. The van der Waals surface area contributed by atoms with Gasteiger partial charge in [-0.25, -0.2) is 0 Å². The van der Waals surface area contributed by atoms with Crippen LogP contribution in [-0.2, 0) is 9.47 Å². The van der Waals surface area contributed by atoms with Gasteiger partial charge in [0.1, 0.15) is 0 Å². The van der Waals surface area contributed by atoms with Crippen molar-refractivity contribution in [2.24, 2.45) is 5.41 Å². The second-order valence-electron chi connectivity index (χ2n) is 5.59. The Balaban J connectivity index is 2.13. The number of ether oxygens (including phenoxy) is 2. The average molecular weight is 257 g/mol. The fourth-order valence-electron chi connectivity index (χ4n) is 2.87. The minimum absolute atomic E-state index is 0.524. The number of hydrogen-bond donors (Lipinski definition) is 1. The highest BCUT2D eigenvalue weighted by atomic mass is 16.5. The minimum atomic E-state index is 0.524. The van der Waals surface area contributed by atoms with Gasteiger partial charge in [-0.2, -0.15) is 0 Å². The number of hydrogen-bond acceptors (Lipinski definition) is 3. The summed E-state index contributed by atoms with van der Waals surface area (Å²) in [6.07, 6.45) is 9.02. The Hall–Kier alpha value is -0.120. The van der Waals surface area contributed by atoms with E-state index in [0.717, 1.165) is 32.8 Å². The third kappa shape index (κ3) is 6.17. The van der Waals surface area contributed by atoms with Gasteiger partial charge in [-0.3, -0.25) is 0 Å². The molecule has 3 nitrogen and oxygen atoms in total. The van der Waals surface area contributed by atoms with Crippen LogP contribution in [0.2, 0.25) is 0 Å². The Morgan fingerprint density at radius 1 is 1.11 bits per heavy atom. The summed E-state index contributed by atoms with van der Waals surface area (Å²) in [5.74, 6) is 0. The standard InChI is InChI=1S/C15H31NO2/c1-3-10-16-14-15(7-4-5-8-15)9-13-18-12-6-11-17-2/h16H,3-14H2,1-2H3. The molecule has 0 aromatic carbocycles. The molecule has 1 aliphatic carbocycles. The van der Waals surface area contributed by atoms with E-state index in [1.54, 1.807) is 7.11 Å². The zero-order valence-corrected chi connectivity index (χ0v) is 12.3. The van der Waals surface area contributed by atoms with Gasteiger partial charge < -0.3 is 14.8 Å². The van der Waals surface area contributed by atoms with Crippen LogP contribution < -0.4 is 5.32 Å². The third-order valence-electron chi connectivity index (χ3n) is 4.00. The van der Waals surface area contributed by atoms with Crippen LogP contribution >= 0.6 is 0 Å². The lowest BCUT2D eigenvalue weighted by molar-refractivity contribution is 0.0764. The van der Waals surface area contributed by atoms with E-state index in [1.165, 1.54) is 45.1 Å². The van der Waals surface area contributed by atoms with Crippen molar-refractivity contribution < 1.29 is 9.47 Å². The predicted octanol–water partition coefficient (Wildman–Crippen LogP) is 2.99. The molecule has 0 aliphatic heterocycles. The van der Waals surface area contributed by atoms with Crippen molar-refractivity contribution in [3.63, 3.8) is 0 Å². The molecule has 108 valence electrons. The molecule has 0 amide bonds. The molecule has 0 aromatic heterocycles. The molecule has 0 radical (unpaired) electrons. The molecule has 0 atom stereocenters. The first-order valence-electron chi connectivity index (χ1n) is 7.60. The molecule has 1 rings (SSSR count). The van der Waals surface area contributed by atoms with E-state index in [2.05, 4.69) is 12.2 Å². The molecule has 1 aliphatic rings. The third-order valence-corrected chi connectivity index (χ3v) is 4.00. The smallest absolute Gasteiger partial charge is 0.0487 e. The second-order valence-corrected chi connectivity index (χ2v) is 5.59. The van der Waals surface area contributed by atoms with Crippen LogP contribution in [0.15, 0.2) is 0 Å². The zero-order chi connectivity index (χ0) is 13.1. The molecule has 0 saturated heterocycles. The summed E-state index contributed by atoms with van der Waals surface area (Å²) in [5, 5.41) is 3.60. The van der Waals surface area contributed by atoms with E-state index in [9.17, 15) is 0 Å². The van der Waals surface area contributed by atoms with Crippen molar-refractivity contribution in [1.29, 1.82) is 0 Å². The number of nitrogens with one attached hydrogen (secondary N) is 1. The Bertz CT molecular complexity index is 191. The Labute approximate surface area is 113 Å². The normalized spacial score (nSPS) is 18.3. The first-order chi connectivity index (χ1) is 8.83. The fraction of sp³-hybridized carbons (Fsp3) is 1.00. The van der Waals surface area contributed by atoms with Crippen LogP contribution in [0.5, 0.6) is 0 Å². The highest BCUT2D eigenvalue weighted by Crippen LogP contribution is 2.40. The van der Waals surface area contributed by atoms with Gasteiger partial charge in [0.05, 0.1) is 0 Å². The highest BCUT2D eigenvalue weighted by molar-refractivity contribution is 4.86. The lowest BCUT2D eigenvalue weighted by Crippen LogP contribution is -2.33. The molecule has 0 aromatic rings. The zero-order valence-electron chi connectivity index (χ0n) is 12.3.